The zero-order valence-electron chi connectivity index (χ0n) is 15.2. The number of rotatable bonds is 7. The molecule has 0 saturated heterocycles. The fraction of sp³-hybridized carbons (Fsp3) is 0.250. The SMILES string of the molecule is C=CCOc1ccc(/C=C2\SC(=NC(=O)CC)C(C(=O)OCC)=C2O)cc1. The fourth-order valence-electron chi connectivity index (χ4n) is 2.15. The summed E-state index contributed by atoms with van der Waals surface area (Å²) in [6.07, 6.45) is 3.56. The normalized spacial score (nSPS) is 16.7. The number of aliphatic hydroxyl groups excluding tert-OH is 1. The van der Waals surface area contributed by atoms with Crippen molar-refractivity contribution in [2.24, 2.45) is 4.99 Å². The summed E-state index contributed by atoms with van der Waals surface area (Å²) in [5, 5.41) is 10.6. The number of amides is 1. The average molecular weight is 387 g/mol. The summed E-state index contributed by atoms with van der Waals surface area (Å²) in [5.74, 6) is -0.634. The van der Waals surface area contributed by atoms with Gasteiger partial charge in [0.25, 0.3) is 0 Å². The summed E-state index contributed by atoms with van der Waals surface area (Å²) >= 11 is 1.06. The summed E-state index contributed by atoms with van der Waals surface area (Å²) < 4.78 is 10.4. The molecule has 0 spiro atoms. The maximum atomic E-state index is 12.2. The van der Waals surface area contributed by atoms with Crippen LogP contribution in [-0.2, 0) is 14.3 Å². The quantitative estimate of drug-likeness (QED) is 0.561. The minimum Gasteiger partial charge on any atom is -0.506 e. The molecule has 1 aliphatic heterocycles. The lowest BCUT2D eigenvalue weighted by Gasteiger charge is -2.03. The van der Waals surface area contributed by atoms with Gasteiger partial charge in [0.1, 0.15) is 28.7 Å². The standard InChI is InChI=1S/C20H21NO5S/c1-4-11-26-14-9-7-13(8-10-14)12-15-18(23)17(20(24)25-6-3)19(27-15)21-16(22)5-2/h4,7-10,12,23H,1,5-6,11H2,2-3H3/b15-12-,21-19?. The predicted molar refractivity (Wildman–Crippen MR) is 107 cm³/mol. The highest BCUT2D eigenvalue weighted by atomic mass is 32.2. The smallest absolute Gasteiger partial charge is 0.344 e. The van der Waals surface area contributed by atoms with E-state index in [-0.39, 0.29) is 35.3 Å². The van der Waals surface area contributed by atoms with Gasteiger partial charge < -0.3 is 14.6 Å². The molecule has 7 heteroatoms. The third kappa shape index (κ3) is 5.34. The highest BCUT2D eigenvalue weighted by Crippen LogP contribution is 2.39. The highest BCUT2D eigenvalue weighted by Gasteiger charge is 2.33. The Morgan fingerprint density at radius 2 is 1.96 bits per heavy atom. The van der Waals surface area contributed by atoms with Crippen LogP contribution < -0.4 is 4.74 Å². The van der Waals surface area contributed by atoms with E-state index < -0.39 is 5.97 Å². The Bertz CT molecular complexity index is 821. The van der Waals surface area contributed by atoms with E-state index in [1.165, 1.54) is 0 Å². The number of carbonyl (C=O) groups is 2. The van der Waals surface area contributed by atoms with Gasteiger partial charge in [-0.15, -0.1) is 0 Å². The molecule has 1 aromatic rings. The molecule has 1 amide bonds. The number of hydrogen-bond donors (Lipinski definition) is 1. The molecule has 1 aliphatic rings. The van der Waals surface area contributed by atoms with Crippen molar-refractivity contribution in [1.82, 2.24) is 0 Å². The van der Waals surface area contributed by atoms with Gasteiger partial charge in [0.2, 0.25) is 5.91 Å². The number of aliphatic hydroxyl groups is 1. The molecule has 142 valence electrons. The lowest BCUT2D eigenvalue weighted by molar-refractivity contribution is -0.138. The summed E-state index contributed by atoms with van der Waals surface area (Å²) in [4.78, 5) is 28.2. The summed E-state index contributed by atoms with van der Waals surface area (Å²) in [6.45, 7) is 7.50. The van der Waals surface area contributed by atoms with Crippen LogP contribution in [0.3, 0.4) is 0 Å². The number of ether oxygens (including phenoxy) is 2. The number of carbonyl (C=O) groups excluding carboxylic acids is 2. The first kappa shape index (κ1) is 20.5. The van der Waals surface area contributed by atoms with Gasteiger partial charge in [0.05, 0.1) is 11.5 Å². The van der Waals surface area contributed by atoms with Crippen LogP contribution in [0.15, 0.2) is 58.2 Å². The molecular weight excluding hydrogens is 366 g/mol. The Labute approximate surface area is 162 Å². The number of benzene rings is 1. The zero-order chi connectivity index (χ0) is 19.8. The second-order valence-corrected chi connectivity index (χ2v) is 6.42. The molecule has 0 aromatic heterocycles. The molecule has 1 aromatic carbocycles. The van der Waals surface area contributed by atoms with Crippen molar-refractivity contribution in [3.8, 4) is 5.75 Å². The lowest BCUT2D eigenvalue weighted by Crippen LogP contribution is -2.14. The van der Waals surface area contributed by atoms with E-state index in [2.05, 4.69) is 11.6 Å². The van der Waals surface area contributed by atoms with Crippen LogP contribution in [0.2, 0.25) is 0 Å². The number of esters is 1. The molecule has 1 heterocycles. The third-order valence-electron chi connectivity index (χ3n) is 3.44. The van der Waals surface area contributed by atoms with Gasteiger partial charge in [-0.25, -0.2) is 9.79 Å². The second-order valence-electron chi connectivity index (χ2n) is 5.39. The topological polar surface area (TPSA) is 85.2 Å². The largest absolute Gasteiger partial charge is 0.506 e. The van der Waals surface area contributed by atoms with Gasteiger partial charge in [-0.1, -0.05) is 43.5 Å². The van der Waals surface area contributed by atoms with Crippen LogP contribution >= 0.6 is 11.8 Å². The maximum absolute atomic E-state index is 12.2. The molecule has 0 unspecified atom stereocenters. The highest BCUT2D eigenvalue weighted by molar-refractivity contribution is 8.18. The van der Waals surface area contributed by atoms with E-state index in [0.717, 1.165) is 17.3 Å². The monoisotopic (exact) mass is 387 g/mol. The molecule has 0 aliphatic carbocycles. The van der Waals surface area contributed by atoms with E-state index in [0.29, 0.717) is 17.3 Å². The number of nitrogens with zero attached hydrogens (tertiary/aromatic N) is 1. The van der Waals surface area contributed by atoms with Crippen molar-refractivity contribution in [1.29, 1.82) is 0 Å². The van der Waals surface area contributed by atoms with Crippen molar-refractivity contribution >= 4 is 34.8 Å². The Hall–Kier alpha value is -2.80. The van der Waals surface area contributed by atoms with E-state index >= 15 is 0 Å². The van der Waals surface area contributed by atoms with Gasteiger partial charge in [-0.05, 0) is 30.7 Å². The Balaban J connectivity index is 2.34. The van der Waals surface area contributed by atoms with Crippen molar-refractivity contribution < 1.29 is 24.2 Å². The third-order valence-corrected chi connectivity index (χ3v) is 4.46. The molecule has 0 bridgehead atoms. The molecule has 2 rings (SSSR count). The van der Waals surface area contributed by atoms with E-state index in [1.807, 2.05) is 12.1 Å². The van der Waals surface area contributed by atoms with Crippen molar-refractivity contribution in [3.05, 3.63) is 58.7 Å². The minimum atomic E-state index is -0.707. The van der Waals surface area contributed by atoms with Crippen LogP contribution in [0.25, 0.3) is 6.08 Å². The van der Waals surface area contributed by atoms with E-state index in [1.54, 1.807) is 38.1 Å². The van der Waals surface area contributed by atoms with Gasteiger partial charge in [-0.2, -0.15) is 0 Å². The summed E-state index contributed by atoms with van der Waals surface area (Å²) in [6, 6.07) is 7.21. The van der Waals surface area contributed by atoms with E-state index in [4.69, 9.17) is 9.47 Å². The zero-order valence-corrected chi connectivity index (χ0v) is 16.0. The molecule has 0 saturated carbocycles. The van der Waals surface area contributed by atoms with Gasteiger partial charge in [0, 0.05) is 6.42 Å². The van der Waals surface area contributed by atoms with Crippen molar-refractivity contribution in [2.75, 3.05) is 13.2 Å². The van der Waals surface area contributed by atoms with Gasteiger partial charge in [0.15, 0.2) is 0 Å². The number of hydrogen-bond acceptors (Lipinski definition) is 6. The first-order valence-electron chi connectivity index (χ1n) is 8.46. The molecule has 1 N–H and O–H groups in total. The van der Waals surface area contributed by atoms with Crippen LogP contribution in [0.4, 0.5) is 0 Å². The van der Waals surface area contributed by atoms with Gasteiger partial charge >= 0.3 is 5.97 Å². The maximum Gasteiger partial charge on any atom is 0.344 e. The summed E-state index contributed by atoms with van der Waals surface area (Å²) in [7, 11) is 0. The van der Waals surface area contributed by atoms with Crippen LogP contribution in [-0.4, -0.2) is 35.2 Å². The second kappa shape index (κ2) is 9.78. The average Bonchev–Trinajstić information content (AvgIpc) is 2.96. The molecule has 0 radical (unpaired) electrons. The molecule has 6 nitrogen and oxygen atoms in total. The lowest BCUT2D eigenvalue weighted by atomic mass is 10.1. The van der Waals surface area contributed by atoms with Crippen LogP contribution in [0.5, 0.6) is 5.75 Å². The van der Waals surface area contributed by atoms with Crippen LogP contribution in [0.1, 0.15) is 25.8 Å². The molecule has 0 atom stereocenters. The number of thioether (sulfide) groups is 1. The van der Waals surface area contributed by atoms with Crippen LogP contribution in [0, 0.1) is 0 Å². The summed E-state index contributed by atoms with van der Waals surface area (Å²) in [5.41, 5.74) is 0.710. The van der Waals surface area contributed by atoms with Gasteiger partial charge in [-0.3, -0.25) is 4.79 Å². The Kier molecular flexibility index (Phi) is 7.43. The first-order chi connectivity index (χ1) is 13.0. The predicted octanol–water partition coefficient (Wildman–Crippen LogP) is 4.05. The molecule has 27 heavy (non-hydrogen) atoms. The Morgan fingerprint density at radius 3 is 2.56 bits per heavy atom. The fourth-order valence-corrected chi connectivity index (χ4v) is 3.18. The van der Waals surface area contributed by atoms with E-state index in [9.17, 15) is 14.7 Å². The Morgan fingerprint density at radius 1 is 1.26 bits per heavy atom. The molecule has 0 fully saturated rings. The molecular formula is C20H21NO5S. The minimum absolute atomic E-state index is 0.0826. The first-order valence-corrected chi connectivity index (χ1v) is 9.27. The number of aliphatic imine (C=N–C) groups is 1. The van der Waals surface area contributed by atoms with Crippen molar-refractivity contribution in [3.63, 3.8) is 0 Å². The van der Waals surface area contributed by atoms with Crippen molar-refractivity contribution in [2.45, 2.75) is 20.3 Å².